The summed E-state index contributed by atoms with van der Waals surface area (Å²) in [5, 5.41) is 2.98. The van der Waals surface area contributed by atoms with E-state index in [1.165, 1.54) is 46.8 Å². The Morgan fingerprint density at radius 3 is 2.56 bits per heavy atom. The van der Waals surface area contributed by atoms with E-state index in [1.807, 2.05) is 0 Å². The third-order valence-corrected chi connectivity index (χ3v) is 6.78. The Labute approximate surface area is 163 Å². The van der Waals surface area contributed by atoms with Gasteiger partial charge >= 0.3 is 0 Å². The molecular weight excluding hydrogens is 391 g/mol. The summed E-state index contributed by atoms with van der Waals surface area (Å²) in [6.07, 6.45) is 2.13. The van der Waals surface area contributed by atoms with Crippen molar-refractivity contribution in [3.05, 3.63) is 59.4 Å². The Kier molecular flexibility index (Phi) is 6.14. The molecule has 1 heterocycles. The van der Waals surface area contributed by atoms with E-state index in [9.17, 15) is 17.6 Å². The van der Waals surface area contributed by atoms with E-state index in [1.54, 1.807) is 6.07 Å². The van der Waals surface area contributed by atoms with E-state index >= 15 is 0 Å². The highest BCUT2D eigenvalue weighted by Gasteiger charge is 2.34. The van der Waals surface area contributed by atoms with Crippen LogP contribution < -0.4 is 5.32 Å². The van der Waals surface area contributed by atoms with Crippen LogP contribution in [-0.2, 0) is 14.8 Å². The predicted molar refractivity (Wildman–Crippen MR) is 103 cm³/mol. The molecule has 1 aliphatic rings. The third-order valence-electron chi connectivity index (χ3n) is 4.56. The lowest BCUT2D eigenvalue weighted by Gasteiger charge is -2.34. The van der Waals surface area contributed by atoms with Crippen molar-refractivity contribution in [2.45, 2.75) is 36.6 Å². The number of para-hydroxylation sites is 1. The Balaban J connectivity index is 1.76. The summed E-state index contributed by atoms with van der Waals surface area (Å²) in [6, 6.07) is 11.4. The Morgan fingerprint density at radius 1 is 1.15 bits per heavy atom. The molecule has 1 fully saturated rings. The monoisotopic (exact) mass is 410 g/mol. The fourth-order valence-corrected chi connectivity index (χ4v) is 5.03. The number of carbonyl (C=O) groups is 1. The van der Waals surface area contributed by atoms with Gasteiger partial charge in [-0.15, -0.1) is 0 Å². The van der Waals surface area contributed by atoms with Crippen LogP contribution in [-0.4, -0.2) is 31.2 Å². The Hall–Kier alpha value is -1.96. The zero-order valence-electron chi connectivity index (χ0n) is 14.6. The molecule has 5 nitrogen and oxygen atoms in total. The number of carbonyl (C=O) groups excluding carboxylic acids is 1. The van der Waals surface area contributed by atoms with E-state index in [0.29, 0.717) is 18.0 Å². The summed E-state index contributed by atoms with van der Waals surface area (Å²) in [5.41, 5.74) is 0.0883. The van der Waals surface area contributed by atoms with Gasteiger partial charge in [0.25, 0.3) is 0 Å². The molecule has 1 aliphatic heterocycles. The molecule has 2 aromatic carbocycles. The number of nitrogens with one attached hydrogen (secondary N) is 1. The molecule has 0 unspecified atom stereocenters. The van der Waals surface area contributed by atoms with Crippen molar-refractivity contribution in [2.24, 2.45) is 0 Å². The quantitative estimate of drug-likeness (QED) is 0.808. The first-order chi connectivity index (χ1) is 12.9. The lowest BCUT2D eigenvalue weighted by molar-refractivity contribution is -0.117. The molecule has 3 rings (SSSR count). The van der Waals surface area contributed by atoms with Gasteiger partial charge in [0.1, 0.15) is 5.82 Å². The van der Waals surface area contributed by atoms with Gasteiger partial charge < -0.3 is 5.32 Å². The van der Waals surface area contributed by atoms with Gasteiger partial charge in [0.05, 0.1) is 10.6 Å². The first-order valence-electron chi connectivity index (χ1n) is 8.70. The molecule has 1 atom stereocenters. The molecular formula is C19H20ClFN2O3S. The van der Waals surface area contributed by atoms with Crippen molar-refractivity contribution >= 4 is 33.2 Å². The van der Waals surface area contributed by atoms with Crippen LogP contribution >= 0.6 is 11.6 Å². The normalized spacial score (nSPS) is 18.2. The molecule has 27 heavy (non-hydrogen) atoms. The summed E-state index contributed by atoms with van der Waals surface area (Å²) in [4.78, 5) is 12.5. The zero-order valence-corrected chi connectivity index (χ0v) is 16.1. The van der Waals surface area contributed by atoms with Gasteiger partial charge in [-0.25, -0.2) is 12.8 Å². The molecule has 0 bridgehead atoms. The first-order valence-corrected chi connectivity index (χ1v) is 10.5. The number of hydrogen-bond donors (Lipinski definition) is 1. The number of nitrogens with zero attached hydrogens (tertiary/aromatic N) is 1. The van der Waals surface area contributed by atoms with E-state index in [-0.39, 0.29) is 17.0 Å². The van der Waals surface area contributed by atoms with Gasteiger partial charge in [0, 0.05) is 24.0 Å². The highest BCUT2D eigenvalue weighted by molar-refractivity contribution is 7.89. The van der Waals surface area contributed by atoms with Crippen LogP contribution in [0.5, 0.6) is 0 Å². The summed E-state index contributed by atoms with van der Waals surface area (Å²) in [7, 11) is -3.73. The third kappa shape index (κ3) is 4.66. The number of hydrogen-bond acceptors (Lipinski definition) is 3. The van der Waals surface area contributed by atoms with Crippen LogP contribution in [0.3, 0.4) is 0 Å². The molecule has 2 aromatic rings. The SMILES string of the molecule is O=C(C[C@H]1CCCCN1S(=O)(=O)c1ccc(Cl)cc1)Nc1ccccc1F. The van der Waals surface area contributed by atoms with Crippen molar-refractivity contribution in [3.63, 3.8) is 0 Å². The van der Waals surface area contributed by atoms with Gasteiger partial charge in [0.15, 0.2) is 0 Å². The summed E-state index contributed by atoms with van der Waals surface area (Å²) < 4.78 is 41.1. The molecule has 8 heteroatoms. The molecule has 0 aromatic heterocycles. The largest absolute Gasteiger partial charge is 0.324 e. The molecule has 0 saturated carbocycles. The van der Waals surface area contributed by atoms with E-state index < -0.39 is 27.8 Å². The minimum atomic E-state index is -3.73. The standard InChI is InChI=1S/C19H20ClFN2O3S/c20-14-8-10-16(11-9-14)27(25,26)23-12-4-3-5-15(23)13-19(24)22-18-7-2-1-6-17(18)21/h1-2,6-11,15H,3-5,12-13H2,(H,22,24)/t15-/m1/s1. The van der Waals surface area contributed by atoms with Gasteiger partial charge in [0.2, 0.25) is 15.9 Å². The number of amides is 1. The number of benzene rings is 2. The number of halogens is 2. The van der Waals surface area contributed by atoms with Crippen molar-refractivity contribution in [2.75, 3.05) is 11.9 Å². The summed E-state index contributed by atoms with van der Waals surface area (Å²) >= 11 is 5.84. The van der Waals surface area contributed by atoms with E-state index in [2.05, 4.69) is 5.32 Å². The van der Waals surface area contributed by atoms with Gasteiger partial charge in [-0.05, 0) is 49.2 Å². The number of rotatable bonds is 5. The lowest BCUT2D eigenvalue weighted by Crippen LogP contribution is -2.45. The predicted octanol–water partition coefficient (Wildman–Crippen LogP) is 4.05. The topological polar surface area (TPSA) is 66.5 Å². The minimum Gasteiger partial charge on any atom is -0.324 e. The highest BCUT2D eigenvalue weighted by atomic mass is 35.5. The fraction of sp³-hybridized carbons (Fsp3) is 0.316. The zero-order chi connectivity index (χ0) is 19.4. The van der Waals surface area contributed by atoms with Crippen molar-refractivity contribution in [1.82, 2.24) is 4.31 Å². The number of sulfonamides is 1. The first kappa shape index (κ1) is 19.8. The van der Waals surface area contributed by atoms with Gasteiger partial charge in [-0.1, -0.05) is 30.2 Å². The fourth-order valence-electron chi connectivity index (χ4n) is 3.21. The Bertz CT molecular complexity index is 919. The maximum absolute atomic E-state index is 13.7. The molecule has 0 radical (unpaired) electrons. The number of piperidine rings is 1. The molecule has 1 saturated heterocycles. The maximum Gasteiger partial charge on any atom is 0.243 e. The highest BCUT2D eigenvalue weighted by Crippen LogP contribution is 2.28. The van der Waals surface area contributed by atoms with Crippen LogP contribution in [0.25, 0.3) is 0 Å². The second kappa shape index (κ2) is 8.37. The molecule has 0 spiro atoms. The van der Waals surface area contributed by atoms with Gasteiger partial charge in [-0.3, -0.25) is 4.79 Å². The molecule has 1 N–H and O–H groups in total. The van der Waals surface area contributed by atoms with Crippen molar-refractivity contribution in [3.8, 4) is 0 Å². The number of anilines is 1. The second-order valence-corrected chi connectivity index (χ2v) is 8.78. The molecule has 1 amide bonds. The van der Waals surface area contributed by atoms with Gasteiger partial charge in [-0.2, -0.15) is 4.31 Å². The van der Waals surface area contributed by atoms with Crippen LogP contribution in [0.15, 0.2) is 53.4 Å². The smallest absolute Gasteiger partial charge is 0.243 e. The lowest BCUT2D eigenvalue weighted by atomic mass is 10.0. The van der Waals surface area contributed by atoms with Crippen LogP contribution in [0, 0.1) is 5.82 Å². The van der Waals surface area contributed by atoms with Crippen LogP contribution in [0.1, 0.15) is 25.7 Å². The van der Waals surface area contributed by atoms with Crippen LogP contribution in [0.4, 0.5) is 10.1 Å². The maximum atomic E-state index is 13.7. The van der Waals surface area contributed by atoms with Crippen molar-refractivity contribution < 1.29 is 17.6 Å². The summed E-state index contributed by atoms with van der Waals surface area (Å²) in [5.74, 6) is -0.941. The minimum absolute atomic E-state index is 0.0266. The van der Waals surface area contributed by atoms with E-state index in [0.717, 1.165) is 12.8 Å². The molecule has 0 aliphatic carbocycles. The average Bonchev–Trinajstić information content (AvgIpc) is 2.64. The van der Waals surface area contributed by atoms with Crippen molar-refractivity contribution in [1.29, 1.82) is 0 Å². The second-order valence-electron chi connectivity index (χ2n) is 6.45. The van der Waals surface area contributed by atoms with Crippen LogP contribution in [0.2, 0.25) is 5.02 Å². The Morgan fingerprint density at radius 2 is 1.85 bits per heavy atom. The molecule has 144 valence electrons. The van der Waals surface area contributed by atoms with E-state index in [4.69, 9.17) is 11.6 Å². The summed E-state index contributed by atoms with van der Waals surface area (Å²) in [6.45, 7) is 0.350. The average molecular weight is 411 g/mol.